The lowest BCUT2D eigenvalue weighted by molar-refractivity contribution is 0.418. The van der Waals surface area contributed by atoms with Crippen LogP contribution in [0.3, 0.4) is 0 Å². The van der Waals surface area contributed by atoms with E-state index in [4.69, 9.17) is 4.98 Å². The standard InChI is InChI=1S/C15H24N2S/c1-4-16-9(2)14-10(3)17-15(18-14)13-8-11-5-6-12(13)7-11/h9,11-13,16H,4-8H2,1-3H3. The third kappa shape index (κ3) is 2.12. The lowest BCUT2D eigenvalue weighted by Crippen LogP contribution is -2.17. The number of nitrogens with one attached hydrogen (secondary N) is 1. The second-order valence-electron chi connectivity index (χ2n) is 6.06. The number of thiazole rings is 1. The molecule has 4 unspecified atom stereocenters. The first-order valence-electron chi connectivity index (χ1n) is 7.39. The van der Waals surface area contributed by atoms with Crippen molar-refractivity contribution in [1.29, 1.82) is 0 Å². The Morgan fingerprint density at radius 2 is 2.22 bits per heavy atom. The first kappa shape index (κ1) is 12.6. The molecule has 1 N–H and O–H groups in total. The van der Waals surface area contributed by atoms with E-state index in [9.17, 15) is 0 Å². The molecule has 18 heavy (non-hydrogen) atoms. The van der Waals surface area contributed by atoms with Gasteiger partial charge < -0.3 is 5.32 Å². The first-order chi connectivity index (χ1) is 8.69. The van der Waals surface area contributed by atoms with E-state index in [0.717, 1.165) is 24.3 Å². The molecule has 3 heteroatoms. The summed E-state index contributed by atoms with van der Waals surface area (Å²) in [7, 11) is 0. The Morgan fingerprint density at radius 1 is 1.39 bits per heavy atom. The van der Waals surface area contributed by atoms with Gasteiger partial charge in [0.05, 0.1) is 10.7 Å². The highest BCUT2D eigenvalue weighted by atomic mass is 32.1. The van der Waals surface area contributed by atoms with Crippen LogP contribution in [0.2, 0.25) is 0 Å². The van der Waals surface area contributed by atoms with Crippen molar-refractivity contribution in [1.82, 2.24) is 10.3 Å². The van der Waals surface area contributed by atoms with Crippen LogP contribution in [0.25, 0.3) is 0 Å². The number of aryl methyl sites for hydroxylation is 1. The minimum absolute atomic E-state index is 0.458. The van der Waals surface area contributed by atoms with Gasteiger partial charge in [-0.05, 0) is 51.5 Å². The van der Waals surface area contributed by atoms with Crippen molar-refractivity contribution >= 4 is 11.3 Å². The Labute approximate surface area is 114 Å². The van der Waals surface area contributed by atoms with Gasteiger partial charge in [-0.3, -0.25) is 0 Å². The zero-order valence-electron chi connectivity index (χ0n) is 11.7. The molecular formula is C15H24N2S. The molecule has 4 atom stereocenters. The number of aromatic nitrogens is 1. The molecule has 2 bridgehead atoms. The molecule has 1 aromatic heterocycles. The van der Waals surface area contributed by atoms with Gasteiger partial charge >= 0.3 is 0 Å². The molecule has 3 rings (SSSR count). The van der Waals surface area contributed by atoms with Crippen molar-refractivity contribution in [2.45, 2.75) is 58.4 Å². The summed E-state index contributed by atoms with van der Waals surface area (Å²) in [5.41, 5.74) is 1.26. The molecule has 0 amide bonds. The lowest BCUT2D eigenvalue weighted by Gasteiger charge is -2.19. The fraction of sp³-hybridized carbons (Fsp3) is 0.800. The molecule has 2 aliphatic rings. The second-order valence-corrected chi connectivity index (χ2v) is 7.12. The molecule has 1 aromatic rings. The second kappa shape index (κ2) is 4.93. The molecule has 0 radical (unpaired) electrons. The van der Waals surface area contributed by atoms with Crippen molar-refractivity contribution < 1.29 is 0 Å². The van der Waals surface area contributed by atoms with Gasteiger partial charge in [0.2, 0.25) is 0 Å². The monoisotopic (exact) mass is 264 g/mol. The van der Waals surface area contributed by atoms with E-state index in [0.29, 0.717) is 6.04 Å². The molecule has 0 aromatic carbocycles. The molecule has 100 valence electrons. The van der Waals surface area contributed by atoms with Crippen LogP contribution < -0.4 is 5.32 Å². The molecule has 2 nitrogen and oxygen atoms in total. The average molecular weight is 264 g/mol. The van der Waals surface area contributed by atoms with E-state index >= 15 is 0 Å². The summed E-state index contributed by atoms with van der Waals surface area (Å²) in [5, 5.41) is 4.94. The fourth-order valence-electron chi connectivity index (χ4n) is 3.94. The minimum atomic E-state index is 0.458. The molecule has 0 aliphatic heterocycles. The zero-order valence-corrected chi connectivity index (χ0v) is 12.5. The van der Waals surface area contributed by atoms with E-state index in [1.807, 2.05) is 11.3 Å². The largest absolute Gasteiger partial charge is 0.310 e. The number of nitrogens with zero attached hydrogens (tertiary/aromatic N) is 1. The van der Waals surface area contributed by atoms with Crippen molar-refractivity contribution in [2.75, 3.05) is 6.54 Å². The van der Waals surface area contributed by atoms with Crippen LogP contribution in [0.4, 0.5) is 0 Å². The quantitative estimate of drug-likeness (QED) is 0.888. The summed E-state index contributed by atoms with van der Waals surface area (Å²) >= 11 is 1.97. The van der Waals surface area contributed by atoms with E-state index in [2.05, 4.69) is 26.1 Å². The zero-order chi connectivity index (χ0) is 12.7. The Bertz CT molecular complexity index is 426. The molecular weight excluding hydrogens is 240 g/mol. The van der Waals surface area contributed by atoms with E-state index in [-0.39, 0.29) is 0 Å². The van der Waals surface area contributed by atoms with Gasteiger partial charge in [-0.15, -0.1) is 11.3 Å². The van der Waals surface area contributed by atoms with Crippen LogP contribution in [0, 0.1) is 18.8 Å². The smallest absolute Gasteiger partial charge is 0.0965 e. The highest BCUT2D eigenvalue weighted by Crippen LogP contribution is 2.53. The first-order valence-corrected chi connectivity index (χ1v) is 8.21. The highest BCUT2D eigenvalue weighted by Gasteiger charge is 2.41. The maximum Gasteiger partial charge on any atom is 0.0965 e. The van der Waals surface area contributed by atoms with Crippen molar-refractivity contribution in [3.8, 4) is 0 Å². The molecule has 2 saturated carbocycles. The normalized spacial score (nSPS) is 32.1. The van der Waals surface area contributed by atoms with Crippen LogP contribution in [0.5, 0.6) is 0 Å². The van der Waals surface area contributed by atoms with E-state index < -0.39 is 0 Å². The molecule has 0 saturated heterocycles. The summed E-state index contributed by atoms with van der Waals surface area (Å²) in [6, 6.07) is 0.458. The average Bonchev–Trinajstić information content (AvgIpc) is 3.02. The van der Waals surface area contributed by atoms with Gasteiger partial charge in [-0.2, -0.15) is 0 Å². The molecule has 2 fully saturated rings. The van der Waals surface area contributed by atoms with Gasteiger partial charge in [0.15, 0.2) is 0 Å². The van der Waals surface area contributed by atoms with Crippen LogP contribution >= 0.6 is 11.3 Å². The van der Waals surface area contributed by atoms with Gasteiger partial charge in [0.25, 0.3) is 0 Å². The fourth-order valence-corrected chi connectivity index (χ4v) is 5.24. The Balaban J connectivity index is 1.80. The van der Waals surface area contributed by atoms with Crippen LogP contribution in [-0.4, -0.2) is 11.5 Å². The number of rotatable bonds is 4. The Morgan fingerprint density at radius 3 is 2.83 bits per heavy atom. The number of hydrogen-bond acceptors (Lipinski definition) is 3. The van der Waals surface area contributed by atoms with Gasteiger partial charge in [-0.1, -0.05) is 13.3 Å². The van der Waals surface area contributed by atoms with Crippen molar-refractivity contribution in [3.05, 3.63) is 15.6 Å². The summed E-state index contributed by atoms with van der Waals surface area (Å²) in [6.45, 7) is 7.64. The van der Waals surface area contributed by atoms with Crippen molar-refractivity contribution in [3.63, 3.8) is 0 Å². The molecule has 1 heterocycles. The number of fused-ring (bicyclic) bond motifs is 2. The van der Waals surface area contributed by atoms with E-state index in [1.165, 1.54) is 41.3 Å². The number of hydrogen-bond donors (Lipinski definition) is 1. The van der Waals surface area contributed by atoms with Crippen LogP contribution in [0.15, 0.2) is 0 Å². The Kier molecular flexibility index (Phi) is 3.46. The van der Waals surface area contributed by atoms with Gasteiger partial charge in [0.1, 0.15) is 0 Å². The topological polar surface area (TPSA) is 24.9 Å². The lowest BCUT2D eigenvalue weighted by atomic mass is 9.89. The molecule has 2 aliphatic carbocycles. The maximum absolute atomic E-state index is 4.89. The molecule has 0 spiro atoms. The maximum atomic E-state index is 4.89. The SMILES string of the molecule is CCNC(C)c1sc(C2CC3CCC2C3)nc1C. The minimum Gasteiger partial charge on any atom is -0.310 e. The summed E-state index contributed by atoms with van der Waals surface area (Å²) < 4.78 is 0. The van der Waals surface area contributed by atoms with Crippen LogP contribution in [-0.2, 0) is 0 Å². The van der Waals surface area contributed by atoms with Crippen molar-refractivity contribution in [2.24, 2.45) is 11.8 Å². The Hall–Kier alpha value is -0.410. The van der Waals surface area contributed by atoms with Gasteiger partial charge in [-0.25, -0.2) is 4.98 Å². The predicted molar refractivity (Wildman–Crippen MR) is 77.1 cm³/mol. The summed E-state index contributed by atoms with van der Waals surface area (Å²) in [4.78, 5) is 6.35. The summed E-state index contributed by atoms with van der Waals surface area (Å²) in [5.74, 6) is 2.75. The predicted octanol–water partition coefficient (Wildman–Crippen LogP) is 4.03. The third-order valence-corrected chi connectivity index (χ3v) is 6.28. The van der Waals surface area contributed by atoms with Gasteiger partial charge in [0, 0.05) is 16.8 Å². The van der Waals surface area contributed by atoms with E-state index in [1.54, 1.807) is 0 Å². The highest BCUT2D eigenvalue weighted by molar-refractivity contribution is 7.11. The van der Waals surface area contributed by atoms with Crippen LogP contribution in [0.1, 0.15) is 67.1 Å². The summed E-state index contributed by atoms with van der Waals surface area (Å²) in [6.07, 6.45) is 5.81. The third-order valence-electron chi connectivity index (χ3n) is 4.81.